The van der Waals surface area contributed by atoms with Crippen molar-refractivity contribution in [3.63, 3.8) is 0 Å². The summed E-state index contributed by atoms with van der Waals surface area (Å²) in [6, 6.07) is 15.8. The second-order valence-electron chi connectivity index (χ2n) is 11.0. The fourth-order valence-electron chi connectivity index (χ4n) is 5.87. The molecule has 1 atom stereocenters. The standard InChI is InChI=1S/C32H37N5O7S/c1-2-36(35-14-18-42-19-15-35)29(39)25-10-8-24(9-11-25)26-22-45-30(33-26)34-28(38)27-21-44-32(12-16-41-17-13-32)37(27)31(40)43-20-23-6-4-3-5-7-23/h3-11,22,27H,2,12-21H2,1H3,(H,33,34,38). The van der Waals surface area contributed by atoms with Crippen LogP contribution < -0.4 is 5.32 Å². The van der Waals surface area contributed by atoms with Crippen LogP contribution in [0.5, 0.6) is 0 Å². The van der Waals surface area contributed by atoms with Gasteiger partial charge in [-0.25, -0.2) is 14.8 Å². The normalized spacial score (nSPS) is 19.8. The Morgan fingerprint density at radius 3 is 2.44 bits per heavy atom. The molecule has 0 bridgehead atoms. The predicted octanol–water partition coefficient (Wildman–Crippen LogP) is 4.00. The van der Waals surface area contributed by atoms with E-state index in [0.717, 1.165) is 11.1 Å². The van der Waals surface area contributed by atoms with E-state index < -0.39 is 23.8 Å². The van der Waals surface area contributed by atoms with E-state index >= 15 is 0 Å². The van der Waals surface area contributed by atoms with Crippen molar-refractivity contribution < 1.29 is 33.3 Å². The minimum Gasteiger partial charge on any atom is -0.444 e. The Hall–Kier alpha value is -3.88. The molecule has 4 heterocycles. The molecule has 3 amide bonds. The highest BCUT2D eigenvalue weighted by Gasteiger charge is 2.54. The molecule has 45 heavy (non-hydrogen) atoms. The number of carbonyl (C=O) groups excluding carboxylic acids is 3. The van der Waals surface area contributed by atoms with E-state index in [0.29, 0.717) is 75.3 Å². The number of rotatable bonds is 8. The van der Waals surface area contributed by atoms with Crippen molar-refractivity contribution in [1.29, 1.82) is 0 Å². The van der Waals surface area contributed by atoms with Crippen LogP contribution in [-0.2, 0) is 30.3 Å². The minimum absolute atomic E-state index is 0.0409. The number of nitrogens with one attached hydrogen (secondary N) is 1. The van der Waals surface area contributed by atoms with Gasteiger partial charge < -0.3 is 24.3 Å². The zero-order valence-corrected chi connectivity index (χ0v) is 26.0. The lowest BCUT2D eigenvalue weighted by Crippen LogP contribution is -2.56. The summed E-state index contributed by atoms with van der Waals surface area (Å²) in [5.41, 5.74) is 1.95. The molecule has 3 aliphatic rings. The van der Waals surface area contributed by atoms with Crippen LogP contribution in [-0.4, -0.2) is 102 Å². The molecule has 1 unspecified atom stereocenters. The van der Waals surface area contributed by atoms with Crippen LogP contribution in [0.4, 0.5) is 9.93 Å². The van der Waals surface area contributed by atoms with Gasteiger partial charge in [0.25, 0.3) is 11.8 Å². The number of thiazole rings is 1. The Labute approximate surface area is 265 Å². The Bertz CT molecular complexity index is 1470. The van der Waals surface area contributed by atoms with Gasteiger partial charge in [0, 0.05) is 49.0 Å². The first-order valence-corrected chi connectivity index (χ1v) is 16.1. The first-order valence-electron chi connectivity index (χ1n) is 15.2. The van der Waals surface area contributed by atoms with Gasteiger partial charge in [0.15, 0.2) is 10.9 Å². The third kappa shape index (κ3) is 6.87. The lowest BCUT2D eigenvalue weighted by Gasteiger charge is -2.40. The summed E-state index contributed by atoms with van der Waals surface area (Å²) in [5.74, 6) is -0.468. The maximum absolute atomic E-state index is 13.6. The van der Waals surface area contributed by atoms with E-state index in [2.05, 4.69) is 10.3 Å². The highest BCUT2D eigenvalue weighted by atomic mass is 32.1. The molecule has 6 rings (SSSR count). The second-order valence-corrected chi connectivity index (χ2v) is 11.8. The van der Waals surface area contributed by atoms with Gasteiger partial charge in [0.2, 0.25) is 0 Å². The lowest BCUT2D eigenvalue weighted by molar-refractivity contribution is -0.140. The Morgan fingerprint density at radius 1 is 1.02 bits per heavy atom. The average molecular weight is 636 g/mol. The molecule has 238 valence electrons. The van der Waals surface area contributed by atoms with Crippen molar-refractivity contribution in [2.75, 3.05) is 58.0 Å². The summed E-state index contributed by atoms with van der Waals surface area (Å²) in [7, 11) is 0. The van der Waals surface area contributed by atoms with E-state index in [1.807, 2.05) is 59.8 Å². The predicted molar refractivity (Wildman–Crippen MR) is 166 cm³/mol. The Morgan fingerprint density at radius 2 is 1.73 bits per heavy atom. The molecule has 3 saturated heterocycles. The fraction of sp³-hybridized carbons (Fsp3) is 0.438. The number of anilines is 1. The van der Waals surface area contributed by atoms with Crippen LogP contribution in [0.25, 0.3) is 11.3 Å². The van der Waals surface area contributed by atoms with Crippen LogP contribution in [0.2, 0.25) is 0 Å². The molecule has 13 heteroatoms. The molecule has 0 radical (unpaired) electrons. The van der Waals surface area contributed by atoms with E-state index in [1.54, 1.807) is 17.1 Å². The number of carbonyl (C=O) groups is 3. The first-order chi connectivity index (χ1) is 22.0. The number of amides is 3. The molecule has 3 aromatic rings. The Kier molecular flexibility index (Phi) is 9.71. The van der Waals surface area contributed by atoms with Crippen LogP contribution >= 0.6 is 11.3 Å². The van der Waals surface area contributed by atoms with Gasteiger partial charge in [-0.2, -0.15) is 0 Å². The van der Waals surface area contributed by atoms with E-state index in [9.17, 15) is 14.4 Å². The molecule has 3 aliphatic heterocycles. The number of nitrogens with zero attached hydrogens (tertiary/aromatic N) is 4. The van der Waals surface area contributed by atoms with E-state index in [1.165, 1.54) is 16.2 Å². The minimum atomic E-state index is -0.962. The van der Waals surface area contributed by atoms with Crippen LogP contribution in [0.3, 0.4) is 0 Å². The quantitative estimate of drug-likeness (QED) is 0.391. The summed E-state index contributed by atoms with van der Waals surface area (Å²) in [6.07, 6.45) is 0.280. The maximum atomic E-state index is 13.6. The fourth-order valence-corrected chi connectivity index (χ4v) is 6.59. The van der Waals surface area contributed by atoms with E-state index in [-0.39, 0.29) is 19.1 Å². The summed E-state index contributed by atoms with van der Waals surface area (Å²) < 4.78 is 22.7. The molecule has 1 N–H and O–H groups in total. The van der Waals surface area contributed by atoms with Crippen molar-refractivity contribution in [3.8, 4) is 11.3 Å². The van der Waals surface area contributed by atoms with Crippen LogP contribution in [0, 0.1) is 0 Å². The molecule has 1 aromatic heterocycles. The number of hydrogen-bond donors (Lipinski definition) is 1. The lowest BCUT2D eigenvalue weighted by atomic mass is 10.0. The number of hydrogen-bond acceptors (Lipinski definition) is 10. The second kappa shape index (κ2) is 14.0. The van der Waals surface area contributed by atoms with Gasteiger partial charge in [0.1, 0.15) is 12.6 Å². The summed E-state index contributed by atoms with van der Waals surface area (Å²) in [5, 5.41) is 8.89. The van der Waals surface area contributed by atoms with E-state index in [4.69, 9.17) is 18.9 Å². The first kappa shape index (κ1) is 31.1. The molecule has 2 aromatic carbocycles. The number of morpholine rings is 1. The third-order valence-corrected chi connectivity index (χ3v) is 9.02. The zero-order valence-electron chi connectivity index (χ0n) is 25.2. The zero-order chi connectivity index (χ0) is 31.2. The van der Waals surface area contributed by atoms with Gasteiger partial charge in [-0.05, 0) is 24.6 Å². The number of benzene rings is 2. The number of hydrazine groups is 1. The van der Waals surface area contributed by atoms with Crippen molar-refractivity contribution in [2.45, 2.75) is 38.1 Å². The number of aromatic nitrogens is 1. The molecule has 1 spiro atoms. The third-order valence-electron chi connectivity index (χ3n) is 8.26. The summed E-state index contributed by atoms with van der Waals surface area (Å²) in [6.45, 7) is 6.05. The SMILES string of the molecule is CCN(C(=O)c1ccc(-c2csc(NC(=O)C3COC4(CCOCC4)N3C(=O)OCc3ccccc3)n2)cc1)N1CCOCC1. The highest BCUT2D eigenvalue weighted by Crippen LogP contribution is 2.38. The molecule has 3 fully saturated rings. The maximum Gasteiger partial charge on any atom is 0.413 e. The number of ether oxygens (including phenoxy) is 4. The molecular weight excluding hydrogens is 598 g/mol. The molecule has 0 saturated carbocycles. The molecule has 0 aliphatic carbocycles. The average Bonchev–Trinajstić information content (AvgIpc) is 3.70. The highest BCUT2D eigenvalue weighted by molar-refractivity contribution is 7.14. The topological polar surface area (TPSA) is 123 Å². The molecule has 12 nitrogen and oxygen atoms in total. The van der Waals surface area contributed by atoms with Gasteiger partial charge in [0.05, 0.1) is 38.7 Å². The van der Waals surface area contributed by atoms with Crippen LogP contribution in [0.15, 0.2) is 60.0 Å². The van der Waals surface area contributed by atoms with Gasteiger partial charge in [-0.1, -0.05) is 42.5 Å². The van der Waals surface area contributed by atoms with Gasteiger partial charge >= 0.3 is 6.09 Å². The summed E-state index contributed by atoms with van der Waals surface area (Å²) >= 11 is 1.28. The summed E-state index contributed by atoms with van der Waals surface area (Å²) in [4.78, 5) is 46.2. The van der Waals surface area contributed by atoms with Crippen molar-refractivity contribution >= 4 is 34.4 Å². The smallest absolute Gasteiger partial charge is 0.413 e. The van der Waals surface area contributed by atoms with Crippen molar-refractivity contribution in [3.05, 3.63) is 71.1 Å². The van der Waals surface area contributed by atoms with Crippen molar-refractivity contribution in [1.82, 2.24) is 19.9 Å². The van der Waals surface area contributed by atoms with Crippen LogP contribution in [0.1, 0.15) is 35.7 Å². The Balaban J connectivity index is 1.12. The van der Waals surface area contributed by atoms with Crippen molar-refractivity contribution in [2.24, 2.45) is 0 Å². The molecular formula is C32H37N5O7S. The van der Waals surface area contributed by atoms with Gasteiger partial charge in [-0.3, -0.25) is 19.5 Å². The monoisotopic (exact) mass is 635 g/mol. The van der Waals surface area contributed by atoms with Gasteiger partial charge in [-0.15, -0.1) is 11.3 Å². The largest absolute Gasteiger partial charge is 0.444 e.